The highest BCUT2D eigenvalue weighted by Gasteiger charge is 2.27. The van der Waals surface area contributed by atoms with Gasteiger partial charge in [0.1, 0.15) is 11.3 Å². The number of hydrogen-bond donors (Lipinski definition) is 0. The molecule has 174 valence electrons. The van der Waals surface area contributed by atoms with Crippen LogP contribution in [0.2, 0.25) is 5.02 Å². The summed E-state index contributed by atoms with van der Waals surface area (Å²) < 4.78 is 28.7. The summed E-state index contributed by atoms with van der Waals surface area (Å²) in [4.78, 5) is 21.8. The average Bonchev–Trinajstić information content (AvgIpc) is 3.29. The molecule has 34 heavy (non-hydrogen) atoms. The molecular formula is C25H22ClF2N5O. The Bertz CT molecular complexity index is 1350. The van der Waals surface area contributed by atoms with E-state index in [1.165, 1.54) is 12.3 Å². The van der Waals surface area contributed by atoms with Crippen LogP contribution in [0.4, 0.5) is 14.5 Å². The molecule has 1 aliphatic rings. The first-order valence-corrected chi connectivity index (χ1v) is 11.3. The van der Waals surface area contributed by atoms with Gasteiger partial charge in [0.25, 0.3) is 12.3 Å². The second kappa shape index (κ2) is 9.02. The topological polar surface area (TPSA) is 53.7 Å². The number of benzene rings is 2. The fourth-order valence-electron chi connectivity index (χ4n) is 4.29. The summed E-state index contributed by atoms with van der Waals surface area (Å²) in [6.45, 7) is 4.28. The number of nitrogens with zero attached hydrogens (tertiary/aromatic N) is 5. The number of hydrogen-bond acceptors (Lipinski definition) is 4. The Morgan fingerprint density at radius 2 is 1.76 bits per heavy atom. The summed E-state index contributed by atoms with van der Waals surface area (Å²) in [6.07, 6.45) is -1.43. The highest BCUT2D eigenvalue weighted by Crippen LogP contribution is 2.28. The fraction of sp³-hybridized carbons (Fsp3) is 0.240. The van der Waals surface area contributed by atoms with E-state index in [1.54, 1.807) is 17.0 Å². The van der Waals surface area contributed by atoms with Crippen molar-refractivity contribution in [2.75, 3.05) is 31.1 Å². The van der Waals surface area contributed by atoms with E-state index in [2.05, 4.69) is 15.0 Å². The zero-order chi connectivity index (χ0) is 23.8. The molecule has 1 amide bonds. The van der Waals surface area contributed by atoms with Gasteiger partial charge in [0, 0.05) is 42.5 Å². The Kier molecular flexibility index (Phi) is 5.91. The Morgan fingerprint density at radius 1 is 1.03 bits per heavy atom. The summed E-state index contributed by atoms with van der Waals surface area (Å²) in [5, 5.41) is 4.74. The molecule has 0 atom stereocenters. The van der Waals surface area contributed by atoms with E-state index in [0.29, 0.717) is 42.5 Å². The van der Waals surface area contributed by atoms with E-state index in [4.69, 9.17) is 11.6 Å². The Labute approximate surface area is 200 Å². The van der Waals surface area contributed by atoms with Crippen LogP contribution in [0.15, 0.2) is 60.8 Å². The Morgan fingerprint density at radius 3 is 2.47 bits per heavy atom. The average molecular weight is 482 g/mol. The second-order valence-electron chi connectivity index (χ2n) is 8.24. The van der Waals surface area contributed by atoms with Crippen molar-refractivity contribution in [2.24, 2.45) is 0 Å². The molecule has 2 aromatic heterocycles. The van der Waals surface area contributed by atoms with Gasteiger partial charge in [-0.1, -0.05) is 48.0 Å². The zero-order valence-electron chi connectivity index (χ0n) is 18.5. The summed E-state index contributed by atoms with van der Waals surface area (Å²) in [5.41, 5.74) is 3.28. The Balaban J connectivity index is 1.44. The molecule has 0 bridgehead atoms. The van der Waals surface area contributed by atoms with Crippen molar-refractivity contribution >= 4 is 28.8 Å². The molecule has 1 fully saturated rings. The molecule has 2 aromatic carbocycles. The van der Waals surface area contributed by atoms with Gasteiger partial charge in [0.2, 0.25) is 0 Å². The quantitative estimate of drug-likeness (QED) is 0.399. The minimum Gasteiger partial charge on any atom is -0.368 e. The van der Waals surface area contributed by atoms with E-state index >= 15 is 0 Å². The van der Waals surface area contributed by atoms with Gasteiger partial charge in [0.05, 0.1) is 11.9 Å². The number of carbonyl (C=O) groups excluding carboxylic acids is 1. The number of halogens is 3. The molecule has 0 unspecified atom stereocenters. The highest BCUT2D eigenvalue weighted by atomic mass is 35.5. The zero-order valence-corrected chi connectivity index (χ0v) is 19.2. The smallest absolute Gasteiger partial charge is 0.280 e. The van der Waals surface area contributed by atoms with Crippen LogP contribution in [0.1, 0.15) is 28.0 Å². The maximum Gasteiger partial charge on any atom is 0.280 e. The van der Waals surface area contributed by atoms with Crippen LogP contribution >= 0.6 is 11.6 Å². The summed E-state index contributed by atoms with van der Waals surface area (Å²) >= 11 is 6.17. The third-order valence-electron chi connectivity index (χ3n) is 6.10. The van der Waals surface area contributed by atoms with Gasteiger partial charge in [0.15, 0.2) is 5.65 Å². The maximum absolute atomic E-state index is 13.8. The minimum absolute atomic E-state index is 0.134. The second-order valence-corrected chi connectivity index (χ2v) is 8.67. The third kappa shape index (κ3) is 4.09. The lowest BCUT2D eigenvalue weighted by atomic mass is 10.1. The molecule has 0 radical (unpaired) electrons. The monoisotopic (exact) mass is 481 g/mol. The lowest BCUT2D eigenvalue weighted by Crippen LogP contribution is -2.49. The molecule has 0 N–H and O–H groups in total. The van der Waals surface area contributed by atoms with Gasteiger partial charge in [-0.25, -0.2) is 18.3 Å². The van der Waals surface area contributed by atoms with Crippen molar-refractivity contribution in [2.45, 2.75) is 13.3 Å². The SMILES string of the molecule is Cc1ccc(Cl)cc1N1CCN(C(=O)c2cnn3c(C(F)F)cc(-c4ccccc4)nc23)CC1. The van der Waals surface area contributed by atoms with Crippen molar-refractivity contribution in [1.29, 1.82) is 0 Å². The van der Waals surface area contributed by atoms with Gasteiger partial charge in [-0.2, -0.15) is 5.10 Å². The van der Waals surface area contributed by atoms with Gasteiger partial charge in [-0.15, -0.1) is 0 Å². The number of anilines is 1. The predicted octanol–water partition coefficient (Wildman–Crippen LogP) is 5.26. The fourth-order valence-corrected chi connectivity index (χ4v) is 4.46. The molecule has 0 spiro atoms. The van der Waals surface area contributed by atoms with Crippen molar-refractivity contribution in [1.82, 2.24) is 19.5 Å². The molecule has 9 heteroatoms. The number of aromatic nitrogens is 3. The van der Waals surface area contributed by atoms with Crippen LogP contribution in [-0.4, -0.2) is 51.6 Å². The van der Waals surface area contributed by atoms with E-state index in [9.17, 15) is 13.6 Å². The molecule has 4 aromatic rings. The normalized spacial score (nSPS) is 14.3. The van der Waals surface area contributed by atoms with Gasteiger partial charge in [-0.05, 0) is 30.7 Å². The minimum atomic E-state index is -2.76. The number of carbonyl (C=O) groups is 1. The first kappa shape index (κ1) is 22.3. The van der Waals surface area contributed by atoms with Crippen LogP contribution in [0.3, 0.4) is 0 Å². The number of amides is 1. The molecule has 3 heterocycles. The third-order valence-corrected chi connectivity index (χ3v) is 6.34. The first-order chi connectivity index (χ1) is 16.4. The van der Waals surface area contributed by atoms with E-state index in [-0.39, 0.29) is 22.8 Å². The molecule has 0 aliphatic carbocycles. The van der Waals surface area contributed by atoms with Gasteiger partial charge < -0.3 is 9.80 Å². The highest BCUT2D eigenvalue weighted by molar-refractivity contribution is 6.30. The molecule has 6 nitrogen and oxygen atoms in total. The summed E-state index contributed by atoms with van der Waals surface area (Å²) in [7, 11) is 0. The molecule has 0 saturated carbocycles. The number of rotatable bonds is 4. The Hall–Kier alpha value is -3.52. The van der Waals surface area contributed by atoms with Crippen molar-refractivity contribution in [3.05, 3.63) is 82.6 Å². The number of alkyl halides is 2. The molecular weight excluding hydrogens is 460 g/mol. The van der Waals surface area contributed by atoms with Crippen LogP contribution in [-0.2, 0) is 0 Å². The maximum atomic E-state index is 13.8. The van der Waals surface area contributed by atoms with Gasteiger partial charge in [-0.3, -0.25) is 4.79 Å². The standard InChI is InChI=1S/C25H22ClF2N5O/c1-16-7-8-18(26)13-21(16)31-9-11-32(12-10-31)25(34)19-15-29-33-22(23(27)28)14-20(30-24(19)33)17-5-3-2-4-6-17/h2-8,13-15,23H,9-12H2,1H3. The summed E-state index contributed by atoms with van der Waals surface area (Å²) in [5.74, 6) is -0.268. The largest absolute Gasteiger partial charge is 0.368 e. The predicted molar refractivity (Wildman–Crippen MR) is 128 cm³/mol. The van der Waals surface area contributed by atoms with Crippen LogP contribution < -0.4 is 4.90 Å². The van der Waals surface area contributed by atoms with Gasteiger partial charge >= 0.3 is 0 Å². The van der Waals surface area contributed by atoms with Crippen molar-refractivity contribution in [3.63, 3.8) is 0 Å². The van der Waals surface area contributed by atoms with Crippen molar-refractivity contribution in [3.8, 4) is 11.3 Å². The number of piperazine rings is 1. The first-order valence-electron chi connectivity index (χ1n) is 10.9. The molecule has 1 aliphatic heterocycles. The lowest BCUT2D eigenvalue weighted by Gasteiger charge is -2.36. The van der Waals surface area contributed by atoms with Crippen LogP contribution in [0.5, 0.6) is 0 Å². The lowest BCUT2D eigenvalue weighted by molar-refractivity contribution is 0.0748. The molecule has 1 saturated heterocycles. The number of aryl methyl sites for hydroxylation is 1. The van der Waals surface area contributed by atoms with Crippen LogP contribution in [0.25, 0.3) is 16.9 Å². The summed E-state index contributed by atoms with van der Waals surface area (Å²) in [6, 6.07) is 16.1. The van der Waals surface area contributed by atoms with Crippen molar-refractivity contribution < 1.29 is 13.6 Å². The number of fused-ring (bicyclic) bond motifs is 1. The van der Waals surface area contributed by atoms with E-state index < -0.39 is 6.43 Å². The van der Waals surface area contributed by atoms with E-state index in [1.807, 2.05) is 43.3 Å². The molecule has 5 rings (SSSR count). The van der Waals surface area contributed by atoms with Crippen LogP contribution in [0, 0.1) is 6.92 Å². The van der Waals surface area contributed by atoms with E-state index in [0.717, 1.165) is 15.8 Å².